The summed E-state index contributed by atoms with van der Waals surface area (Å²) in [6.07, 6.45) is 4.31. The fraction of sp³-hybridized carbons (Fsp3) is 0.800. The molecule has 2 aliphatic rings. The molecule has 12 heavy (non-hydrogen) atoms. The highest BCUT2D eigenvalue weighted by atomic mass is 31.0. The van der Waals surface area contributed by atoms with Gasteiger partial charge in [0.25, 0.3) is 0 Å². The number of allylic oxidation sites excluding steroid dienone is 1. The molecule has 0 amide bonds. The fourth-order valence-electron chi connectivity index (χ4n) is 2.74. The second-order valence-corrected chi connectivity index (χ2v) is 4.45. The lowest BCUT2D eigenvalue weighted by atomic mass is 9.73. The molecule has 3 unspecified atom stereocenters. The summed E-state index contributed by atoms with van der Waals surface area (Å²) in [5.41, 5.74) is 2.01. The molecule has 0 aromatic carbocycles. The smallest absolute Gasteiger partial charge is 0.0527 e. The second kappa shape index (κ2) is 3.38. The van der Waals surface area contributed by atoms with E-state index in [1.807, 2.05) is 0 Å². The minimum absolute atomic E-state index is 0.475. The molecule has 0 N–H and O–H groups in total. The lowest BCUT2D eigenvalue weighted by molar-refractivity contribution is 0.289. The molecule has 2 saturated carbocycles. The van der Waals surface area contributed by atoms with Gasteiger partial charge >= 0.3 is 0 Å². The van der Waals surface area contributed by atoms with Crippen LogP contribution in [0.15, 0.2) is 12.2 Å². The van der Waals surface area contributed by atoms with Crippen molar-refractivity contribution in [2.75, 3.05) is 0 Å². The van der Waals surface area contributed by atoms with E-state index in [1.54, 1.807) is 0 Å². The van der Waals surface area contributed by atoms with Crippen LogP contribution < -0.4 is 0 Å². The van der Waals surface area contributed by atoms with E-state index in [9.17, 15) is 0 Å². The summed E-state index contributed by atoms with van der Waals surface area (Å²) in [6, 6.07) is 0. The van der Waals surface area contributed by atoms with E-state index in [0.29, 0.717) is 14.5 Å². The predicted octanol–water partition coefficient (Wildman–Crippen LogP) is 2.94. The Hall–Kier alpha value is -0.0300. The van der Waals surface area contributed by atoms with Gasteiger partial charge in [0.15, 0.2) is 0 Å². The van der Waals surface area contributed by atoms with Crippen molar-refractivity contribution in [2.45, 2.75) is 33.1 Å². The van der Waals surface area contributed by atoms with Gasteiger partial charge in [0.2, 0.25) is 0 Å². The van der Waals surface area contributed by atoms with Crippen molar-refractivity contribution in [3.8, 4) is 0 Å². The molecular weight excluding hydrogens is 167 g/mol. The van der Waals surface area contributed by atoms with E-state index < -0.39 is 0 Å². The normalized spacial score (nSPS) is 36.3. The van der Waals surface area contributed by atoms with Crippen LogP contribution in [0.25, 0.3) is 0 Å². The molecule has 0 aromatic heterocycles. The molecule has 1 nitrogen and oxygen atoms in total. The Morgan fingerprint density at radius 3 is 2.25 bits per heavy atom. The zero-order valence-electron chi connectivity index (χ0n) is 8.10. The van der Waals surface area contributed by atoms with Gasteiger partial charge in [0.05, 0.1) is 9.12 Å². The van der Waals surface area contributed by atoms with Crippen molar-refractivity contribution < 1.29 is 4.57 Å². The van der Waals surface area contributed by atoms with Crippen LogP contribution in [0.2, 0.25) is 0 Å². The molecule has 70 valence electrons. The van der Waals surface area contributed by atoms with Crippen LogP contribution in [-0.2, 0) is 4.57 Å². The topological polar surface area (TPSA) is 17.1 Å². The van der Waals surface area contributed by atoms with Gasteiger partial charge in [0.1, 0.15) is 0 Å². The third-order valence-corrected chi connectivity index (χ3v) is 3.77. The summed E-state index contributed by atoms with van der Waals surface area (Å²) in [7, 11) is 0.611. The molecule has 3 atom stereocenters. The lowest BCUT2D eigenvalue weighted by Gasteiger charge is -2.31. The van der Waals surface area contributed by atoms with Gasteiger partial charge in [-0.3, -0.25) is 0 Å². The van der Waals surface area contributed by atoms with Crippen LogP contribution in [-0.4, -0.2) is 0 Å². The average molecular weight is 186 g/mol. The Labute approximate surface area is 76.9 Å². The first kappa shape index (κ1) is 10.1. The minimum atomic E-state index is 0.475. The van der Waals surface area contributed by atoms with Crippen LogP contribution in [0.3, 0.4) is 0 Å². The van der Waals surface area contributed by atoms with Crippen molar-refractivity contribution in [1.82, 2.24) is 0 Å². The Kier molecular flexibility index (Phi) is 2.83. The molecule has 0 spiro atoms. The first-order valence-electron chi connectivity index (χ1n) is 4.60. The Morgan fingerprint density at radius 2 is 2.00 bits per heavy atom. The van der Waals surface area contributed by atoms with Crippen LogP contribution in [0.1, 0.15) is 33.1 Å². The third-order valence-electron chi connectivity index (χ3n) is 3.77. The second-order valence-electron chi connectivity index (χ2n) is 4.45. The number of fused-ring (bicyclic) bond motifs is 2. The number of rotatable bonds is 0. The fourth-order valence-corrected chi connectivity index (χ4v) is 2.74. The van der Waals surface area contributed by atoms with Gasteiger partial charge in [-0.2, -0.15) is 0 Å². The van der Waals surface area contributed by atoms with Crippen molar-refractivity contribution in [3.05, 3.63) is 12.2 Å². The van der Waals surface area contributed by atoms with E-state index in [4.69, 9.17) is 4.57 Å². The van der Waals surface area contributed by atoms with Gasteiger partial charge in [-0.05, 0) is 36.5 Å². The molecule has 0 saturated heterocycles. The minimum Gasteiger partial charge on any atom is -0.333 e. The Morgan fingerprint density at radius 1 is 1.42 bits per heavy atom. The monoisotopic (exact) mass is 186 g/mol. The van der Waals surface area contributed by atoms with Crippen molar-refractivity contribution >= 4 is 9.12 Å². The first-order valence-corrected chi connectivity index (χ1v) is 5.18. The summed E-state index contributed by atoms with van der Waals surface area (Å²) in [6.45, 7) is 8.91. The third kappa shape index (κ3) is 1.29. The molecule has 2 rings (SSSR count). The number of hydrogen-bond donors (Lipinski definition) is 0. The van der Waals surface area contributed by atoms with Crippen LogP contribution in [0, 0.1) is 17.3 Å². The maximum atomic E-state index is 8.28. The molecular formula is C10H19OP. The highest BCUT2D eigenvalue weighted by Gasteiger charge is 2.47. The molecule has 2 fully saturated rings. The molecule has 0 heterocycles. The maximum Gasteiger partial charge on any atom is 0.0527 e. The van der Waals surface area contributed by atoms with E-state index in [2.05, 4.69) is 20.4 Å². The first-order chi connectivity index (χ1) is 5.62. The summed E-state index contributed by atoms with van der Waals surface area (Å²) >= 11 is 0. The van der Waals surface area contributed by atoms with Gasteiger partial charge in [-0.1, -0.05) is 26.0 Å². The van der Waals surface area contributed by atoms with Gasteiger partial charge in [-0.15, -0.1) is 0 Å². The lowest BCUT2D eigenvalue weighted by Crippen LogP contribution is -2.21. The SMILES string of the molecule is C=C1C2CCC(C2)C1(C)C.O=[PH3]. The van der Waals surface area contributed by atoms with Gasteiger partial charge in [-0.25, -0.2) is 0 Å². The standard InChI is InChI=1S/C10H16.H3OP/c1-7-8-4-5-9(6-8)10(7,2)3;1-2/h8-9H,1,4-6H2,2-3H3;2H3. The zero-order valence-corrected chi connectivity index (χ0v) is 9.51. The molecule has 2 heteroatoms. The average Bonchev–Trinajstić information content (AvgIpc) is 2.60. The molecule has 2 bridgehead atoms. The zero-order chi connectivity index (χ0) is 9.35. The highest BCUT2D eigenvalue weighted by Crippen LogP contribution is 2.58. The van der Waals surface area contributed by atoms with E-state index in [-0.39, 0.29) is 0 Å². The van der Waals surface area contributed by atoms with E-state index >= 15 is 0 Å². The van der Waals surface area contributed by atoms with Gasteiger partial charge < -0.3 is 4.57 Å². The summed E-state index contributed by atoms with van der Waals surface area (Å²) in [5.74, 6) is 1.85. The molecule has 0 aromatic rings. The quantitative estimate of drug-likeness (QED) is 0.420. The summed E-state index contributed by atoms with van der Waals surface area (Å²) in [4.78, 5) is 0. The summed E-state index contributed by atoms with van der Waals surface area (Å²) in [5, 5.41) is 0. The Balaban J connectivity index is 0.000000336. The Bertz CT molecular complexity index is 198. The van der Waals surface area contributed by atoms with Crippen molar-refractivity contribution in [1.29, 1.82) is 0 Å². The molecule has 0 radical (unpaired) electrons. The molecule has 2 aliphatic carbocycles. The van der Waals surface area contributed by atoms with Crippen molar-refractivity contribution in [2.24, 2.45) is 17.3 Å². The highest BCUT2D eigenvalue weighted by molar-refractivity contribution is 7.00. The molecule has 0 aliphatic heterocycles. The maximum absolute atomic E-state index is 8.28. The van der Waals surface area contributed by atoms with Crippen LogP contribution >= 0.6 is 9.12 Å². The van der Waals surface area contributed by atoms with Crippen LogP contribution in [0.5, 0.6) is 0 Å². The van der Waals surface area contributed by atoms with Gasteiger partial charge in [0, 0.05) is 0 Å². The van der Waals surface area contributed by atoms with Crippen molar-refractivity contribution in [3.63, 3.8) is 0 Å². The summed E-state index contributed by atoms with van der Waals surface area (Å²) < 4.78 is 8.28. The van der Waals surface area contributed by atoms with Crippen LogP contribution in [0.4, 0.5) is 0 Å². The largest absolute Gasteiger partial charge is 0.333 e. The predicted molar refractivity (Wildman–Crippen MR) is 55.5 cm³/mol. The number of hydrogen-bond acceptors (Lipinski definition) is 1. The van der Waals surface area contributed by atoms with E-state index in [0.717, 1.165) is 11.8 Å². The van der Waals surface area contributed by atoms with E-state index in [1.165, 1.54) is 24.8 Å².